The molecule has 186 valence electrons. The van der Waals surface area contributed by atoms with Gasteiger partial charge >= 0.3 is 0 Å². The topological polar surface area (TPSA) is 83.0 Å². The lowest BCUT2D eigenvalue weighted by Gasteiger charge is -2.30. The Morgan fingerprint density at radius 3 is 2.74 bits per heavy atom. The van der Waals surface area contributed by atoms with E-state index in [1.807, 2.05) is 25.1 Å². The number of nitrogens with zero attached hydrogens (tertiary/aromatic N) is 4. The predicted octanol–water partition coefficient (Wildman–Crippen LogP) is 2.64. The summed E-state index contributed by atoms with van der Waals surface area (Å²) >= 11 is 0. The van der Waals surface area contributed by atoms with Crippen molar-refractivity contribution in [2.24, 2.45) is 5.92 Å². The molecule has 0 saturated carbocycles. The monoisotopic (exact) mass is 469 g/mol. The van der Waals surface area contributed by atoms with Gasteiger partial charge in [-0.05, 0) is 62.9 Å². The molecule has 4 rings (SSSR count). The van der Waals surface area contributed by atoms with Crippen molar-refractivity contribution in [1.29, 1.82) is 0 Å². The van der Waals surface area contributed by atoms with Crippen LogP contribution in [0, 0.1) is 12.8 Å². The molecular weight excluding hydrogens is 430 g/mol. The summed E-state index contributed by atoms with van der Waals surface area (Å²) in [6, 6.07) is 8.02. The van der Waals surface area contributed by atoms with Crippen LogP contribution in [0.2, 0.25) is 0 Å². The zero-order valence-electron chi connectivity index (χ0n) is 20.8. The second-order valence-corrected chi connectivity index (χ2v) is 9.87. The molecule has 2 N–H and O–H groups in total. The van der Waals surface area contributed by atoms with E-state index in [0.29, 0.717) is 32.7 Å². The third-order valence-electron chi connectivity index (χ3n) is 7.00. The van der Waals surface area contributed by atoms with Crippen LogP contribution >= 0.6 is 0 Å². The lowest BCUT2D eigenvalue weighted by molar-refractivity contribution is 0.0626. The van der Waals surface area contributed by atoms with Gasteiger partial charge in [-0.3, -0.25) is 4.90 Å². The predicted molar refractivity (Wildman–Crippen MR) is 134 cm³/mol. The first-order chi connectivity index (χ1) is 16.4. The van der Waals surface area contributed by atoms with Gasteiger partial charge < -0.3 is 24.8 Å². The van der Waals surface area contributed by atoms with E-state index in [1.54, 1.807) is 13.4 Å². The third-order valence-corrected chi connectivity index (χ3v) is 7.00. The minimum atomic E-state index is -0.780. The van der Waals surface area contributed by atoms with Crippen LogP contribution in [-0.4, -0.2) is 78.6 Å². The highest BCUT2D eigenvalue weighted by Crippen LogP contribution is 2.29. The summed E-state index contributed by atoms with van der Waals surface area (Å²) in [6.07, 6.45) is 4.83. The summed E-state index contributed by atoms with van der Waals surface area (Å²) in [5.74, 6) is 3.24. The molecule has 1 aromatic heterocycles. The first-order valence-electron chi connectivity index (χ1n) is 12.4. The van der Waals surface area contributed by atoms with E-state index in [-0.39, 0.29) is 0 Å². The number of aryl methyl sites for hydroxylation is 1. The van der Waals surface area contributed by atoms with Crippen molar-refractivity contribution in [1.82, 2.24) is 20.2 Å². The fourth-order valence-electron chi connectivity index (χ4n) is 4.76. The minimum Gasteiger partial charge on any atom is -0.493 e. The molecule has 1 atom stereocenters. The first-order valence-corrected chi connectivity index (χ1v) is 12.4. The fourth-order valence-corrected chi connectivity index (χ4v) is 4.76. The maximum atomic E-state index is 11.0. The molecule has 2 aromatic rings. The van der Waals surface area contributed by atoms with Crippen molar-refractivity contribution in [2.75, 3.05) is 57.9 Å². The standard InChI is InChI=1S/C26H39N5O3/c1-20-6-9-30(10-7-20)12-13-34-23-5-4-22(15-24(23)33-3)16-27-17-26(32)8-11-31(18-26)25-14-21(2)28-19-29-25/h4-5,14-15,19-20,27,32H,6-13,16-18H2,1-3H3/t26-/m1/s1. The van der Waals surface area contributed by atoms with Gasteiger partial charge in [0.25, 0.3) is 0 Å². The van der Waals surface area contributed by atoms with Crippen molar-refractivity contribution in [3.63, 3.8) is 0 Å². The highest BCUT2D eigenvalue weighted by molar-refractivity contribution is 5.43. The Morgan fingerprint density at radius 1 is 1.15 bits per heavy atom. The SMILES string of the molecule is COc1cc(CNC[C@]2(O)CCN(c3cc(C)ncn3)C2)ccc1OCCN1CCC(C)CC1. The van der Waals surface area contributed by atoms with Crippen molar-refractivity contribution in [3.8, 4) is 11.5 Å². The number of hydrogen-bond acceptors (Lipinski definition) is 8. The molecule has 0 bridgehead atoms. The quantitative estimate of drug-likeness (QED) is 0.550. The normalized spacial score (nSPS) is 21.7. The number of hydrogen-bond donors (Lipinski definition) is 2. The van der Waals surface area contributed by atoms with E-state index in [9.17, 15) is 5.11 Å². The van der Waals surface area contributed by atoms with Gasteiger partial charge in [0.2, 0.25) is 0 Å². The molecule has 34 heavy (non-hydrogen) atoms. The van der Waals surface area contributed by atoms with Crippen LogP contribution in [0.1, 0.15) is 37.4 Å². The number of rotatable bonds is 10. The molecule has 2 aliphatic rings. The van der Waals surface area contributed by atoms with E-state index in [1.165, 1.54) is 12.8 Å². The van der Waals surface area contributed by atoms with E-state index in [0.717, 1.165) is 60.7 Å². The summed E-state index contributed by atoms with van der Waals surface area (Å²) in [5, 5.41) is 14.5. The molecule has 0 aliphatic carbocycles. The van der Waals surface area contributed by atoms with Crippen LogP contribution in [0.25, 0.3) is 0 Å². The van der Waals surface area contributed by atoms with Gasteiger partial charge in [0, 0.05) is 44.5 Å². The zero-order chi connectivity index (χ0) is 24.0. The summed E-state index contributed by atoms with van der Waals surface area (Å²) < 4.78 is 11.6. The van der Waals surface area contributed by atoms with Gasteiger partial charge in [-0.15, -0.1) is 0 Å². The van der Waals surface area contributed by atoms with Crippen LogP contribution in [-0.2, 0) is 6.54 Å². The molecule has 0 unspecified atom stereocenters. The largest absolute Gasteiger partial charge is 0.493 e. The molecule has 0 amide bonds. The fraction of sp³-hybridized carbons (Fsp3) is 0.615. The third kappa shape index (κ3) is 6.58. The van der Waals surface area contributed by atoms with E-state index in [2.05, 4.69) is 38.1 Å². The van der Waals surface area contributed by atoms with Crippen LogP contribution in [0.4, 0.5) is 5.82 Å². The molecule has 0 spiro atoms. The molecule has 2 fully saturated rings. The molecule has 2 saturated heterocycles. The van der Waals surface area contributed by atoms with Crippen LogP contribution in [0.15, 0.2) is 30.6 Å². The minimum absolute atomic E-state index is 0.516. The Morgan fingerprint density at radius 2 is 1.97 bits per heavy atom. The summed E-state index contributed by atoms with van der Waals surface area (Å²) in [7, 11) is 1.68. The van der Waals surface area contributed by atoms with Crippen molar-refractivity contribution in [2.45, 2.75) is 45.3 Å². The number of benzene rings is 1. The lowest BCUT2D eigenvalue weighted by atomic mass is 9.99. The zero-order valence-corrected chi connectivity index (χ0v) is 20.8. The number of aromatic nitrogens is 2. The van der Waals surface area contributed by atoms with Crippen LogP contribution in [0.3, 0.4) is 0 Å². The van der Waals surface area contributed by atoms with Crippen molar-refractivity contribution in [3.05, 3.63) is 41.9 Å². The number of β-amino-alcohol motifs (C(OH)–C–C–N with tert-alkyl or cyclic N) is 1. The molecule has 8 heteroatoms. The number of methoxy groups -OCH3 is 1. The van der Waals surface area contributed by atoms with Crippen molar-refractivity contribution >= 4 is 5.82 Å². The van der Waals surface area contributed by atoms with E-state index < -0.39 is 5.60 Å². The lowest BCUT2D eigenvalue weighted by Crippen LogP contribution is -2.43. The molecule has 0 radical (unpaired) electrons. The maximum absolute atomic E-state index is 11.0. The number of anilines is 1. The number of ether oxygens (including phenoxy) is 2. The Balaban J connectivity index is 1.23. The van der Waals surface area contributed by atoms with Gasteiger partial charge in [-0.1, -0.05) is 13.0 Å². The van der Waals surface area contributed by atoms with Gasteiger partial charge in [0.05, 0.1) is 12.7 Å². The molecule has 8 nitrogen and oxygen atoms in total. The maximum Gasteiger partial charge on any atom is 0.161 e. The van der Waals surface area contributed by atoms with Crippen molar-refractivity contribution < 1.29 is 14.6 Å². The number of aliphatic hydroxyl groups is 1. The second kappa shape index (κ2) is 11.3. The summed E-state index contributed by atoms with van der Waals surface area (Å²) in [6.45, 7) is 10.7. The number of nitrogens with one attached hydrogen (secondary N) is 1. The van der Waals surface area contributed by atoms with Crippen LogP contribution < -0.4 is 19.7 Å². The molecule has 1 aromatic carbocycles. The van der Waals surface area contributed by atoms with Gasteiger partial charge in [-0.2, -0.15) is 0 Å². The Hall–Kier alpha value is -2.42. The number of piperidine rings is 1. The Labute approximate surface area is 203 Å². The number of likely N-dealkylation sites (tertiary alicyclic amines) is 1. The Kier molecular flexibility index (Phi) is 8.24. The molecule has 3 heterocycles. The summed E-state index contributed by atoms with van der Waals surface area (Å²) in [5.41, 5.74) is 1.25. The van der Waals surface area contributed by atoms with Gasteiger partial charge in [0.1, 0.15) is 18.8 Å². The summed E-state index contributed by atoms with van der Waals surface area (Å²) in [4.78, 5) is 13.1. The second-order valence-electron chi connectivity index (χ2n) is 9.87. The first kappa shape index (κ1) is 24.7. The highest BCUT2D eigenvalue weighted by atomic mass is 16.5. The van der Waals surface area contributed by atoms with Crippen LogP contribution in [0.5, 0.6) is 11.5 Å². The van der Waals surface area contributed by atoms with E-state index in [4.69, 9.17) is 9.47 Å². The smallest absolute Gasteiger partial charge is 0.161 e. The Bertz CT molecular complexity index is 934. The molecular formula is C26H39N5O3. The molecule has 2 aliphatic heterocycles. The van der Waals surface area contributed by atoms with Gasteiger partial charge in [-0.25, -0.2) is 9.97 Å². The highest BCUT2D eigenvalue weighted by Gasteiger charge is 2.36. The van der Waals surface area contributed by atoms with Gasteiger partial charge in [0.15, 0.2) is 11.5 Å². The average molecular weight is 470 g/mol. The average Bonchev–Trinajstić information content (AvgIpc) is 3.23. The van der Waals surface area contributed by atoms with E-state index >= 15 is 0 Å².